The maximum absolute atomic E-state index is 12.8. The molecule has 1 saturated heterocycles. The van der Waals surface area contributed by atoms with Gasteiger partial charge < -0.3 is 14.2 Å². The van der Waals surface area contributed by atoms with Crippen molar-refractivity contribution in [2.45, 2.75) is 78.6 Å². The van der Waals surface area contributed by atoms with Gasteiger partial charge in [-0.2, -0.15) is 0 Å². The highest BCUT2D eigenvalue weighted by molar-refractivity contribution is 5.92. The molecule has 2 rings (SSSR count). The summed E-state index contributed by atoms with van der Waals surface area (Å²) in [5.41, 5.74) is 0.958. The monoisotopic (exact) mass is 390 g/mol. The van der Waals surface area contributed by atoms with Crippen LogP contribution < -0.4 is 0 Å². The molecule has 4 unspecified atom stereocenters. The summed E-state index contributed by atoms with van der Waals surface area (Å²) >= 11 is 0. The lowest BCUT2D eigenvalue weighted by molar-refractivity contribution is -0.175. The number of allylic oxidation sites excluding steroid dienone is 3. The quantitative estimate of drug-likeness (QED) is 0.316. The Labute approximate surface area is 166 Å². The minimum atomic E-state index is -1.55. The fraction of sp³-hybridized carbons (Fsp3) is 0.591. The molecule has 28 heavy (non-hydrogen) atoms. The topological polar surface area (TPSA) is 78.9 Å². The molecule has 0 spiro atoms. The van der Waals surface area contributed by atoms with E-state index in [0.29, 0.717) is 12.0 Å². The van der Waals surface area contributed by atoms with Crippen molar-refractivity contribution in [3.8, 4) is 0 Å². The van der Waals surface area contributed by atoms with Crippen molar-refractivity contribution in [2.24, 2.45) is 5.92 Å². The Morgan fingerprint density at radius 1 is 1.25 bits per heavy atom. The fourth-order valence-electron chi connectivity index (χ4n) is 3.73. The molecule has 2 aliphatic rings. The second kappa shape index (κ2) is 8.76. The Hall–Kier alpha value is -2.37. The van der Waals surface area contributed by atoms with E-state index in [9.17, 15) is 14.4 Å². The van der Waals surface area contributed by atoms with Gasteiger partial charge in [0.1, 0.15) is 12.2 Å². The molecule has 0 radical (unpaired) electrons. The van der Waals surface area contributed by atoms with Crippen LogP contribution >= 0.6 is 0 Å². The molecule has 1 aliphatic heterocycles. The van der Waals surface area contributed by atoms with E-state index in [1.54, 1.807) is 26.8 Å². The van der Waals surface area contributed by atoms with Crippen LogP contribution in [0.5, 0.6) is 0 Å². The molecule has 6 heteroatoms. The Morgan fingerprint density at radius 2 is 1.93 bits per heavy atom. The number of rotatable bonds is 3. The van der Waals surface area contributed by atoms with E-state index in [1.807, 2.05) is 19.9 Å². The number of carbonyl (C=O) groups excluding carboxylic acids is 3. The molecule has 0 bridgehead atoms. The van der Waals surface area contributed by atoms with E-state index in [-0.39, 0.29) is 0 Å². The smallest absolute Gasteiger partial charge is 0.351 e. The van der Waals surface area contributed by atoms with Gasteiger partial charge in [0.05, 0.1) is 5.92 Å². The molecule has 0 aromatic heterocycles. The van der Waals surface area contributed by atoms with Gasteiger partial charge in [-0.05, 0) is 53.5 Å². The zero-order valence-corrected chi connectivity index (χ0v) is 17.5. The van der Waals surface area contributed by atoms with Crippen LogP contribution in [0.1, 0.15) is 60.8 Å². The lowest BCUT2D eigenvalue weighted by Crippen LogP contribution is -2.50. The predicted molar refractivity (Wildman–Crippen MR) is 104 cm³/mol. The Balaban J connectivity index is 2.53. The van der Waals surface area contributed by atoms with Gasteiger partial charge >= 0.3 is 17.9 Å². The third-order valence-electron chi connectivity index (χ3n) is 5.42. The molecular formula is C22H30O6. The first-order valence-corrected chi connectivity index (χ1v) is 9.66. The minimum absolute atomic E-state index is 0.393. The van der Waals surface area contributed by atoms with Gasteiger partial charge in [0.15, 0.2) is 0 Å². The molecule has 0 saturated carbocycles. The summed E-state index contributed by atoms with van der Waals surface area (Å²) in [6.07, 6.45) is 6.47. The van der Waals surface area contributed by atoms with Gasteiger partial charge in [-0.3, -0.25) is 4.79 Å². The molecular weight excluding hydrogens is 360 g/mol. The normalized spacial score (nSPS) is 31.1. The van der Waals surface area contributed by atoms with Crippen LogP contribution in [0.4, 0.5) is 0 Å². The van der Waals surface area contributed by atoms with Crippen LogP contribution in [-0.2, 0) is 28.6 Å². The molecule has 1 aliphatic carbocycles. The first kappa shape index (κ1) is 21.9. The zero-order valence-electron chi connectivity index (χ0n) is 17.5. The second-order valence-electron chi connectivity index (χ2n) is 7.82. The summed E-state index contributed by atoms with van der Waals surface area (Å²) in [5, 5.41) is 0. The summed E-state index contributed by atoms with van der Waals surface area (Å²) in [4.78, 5) is 37.1. The third-order valence-corrected chi connectivity index (χ3v) is 5.42. The van der Waals surface area contributed by atoms with Crippen molar-refractivity contribution < 1.29 is 28.6 Å². The fourth-order valence-corrected chi connectivity index (χ4v) is 3.73. The highest BCUT2D eigenvalue weighted by Crippen LogP contribution is 2.42. The van der Waals surface area contributed by atoms with E-state index in [4.69, 9.17) is 14.2 Å². The highest BCUT2D eigenvalue weighted by atomic mass is 16.6. The molecule has 0 aromatic carbocycles. The van der Waals surface area contributed by atoms with E-state index in [1.165, 1.54) is 6.92 Å². The van der Waals surface area contributed by atoms with Gasteiger partial charge in [-0.1, -0.05) is 23.3 Å². The second-order valence-corrected chi connectivity index (χ2v) is 7.82. The third kappa shape index (κ3) is 4.72. The Kier molecular flexibility index (Phi) is 6.86. The van der Waals surface area contributed by atoms with Crippen molar-refractivity contribution in [1.29, 1.82) is 0 Å². The van der Waals surface area contributed by atoms with Crippen molar-refractivity contribution in [2.75, 3.05) is 0 Å². The van der Waals surface area contributed by atoms with Crippen LogP contribution in [-0.4, -0.2) is 35.7 Å². The number of fused-ring (bicyclic) bond motifs is 1. The number of hydrogen-bond donors (Lipinski definition) is 0. The average molecular weight is 390 g/mol. The SMILES string of the molecule is CC=C(C)C(=O)OC1(C)C(=O)OC2C=C(C)CCC=C(C)CC(OC(C)=O)C21. The summed E-state index contributed by atoms with van der Waals surface area (Å²) < 4.78 is 16.9. The predicted octanol–water partition coefficient (Wildman–Crippen LogP) is 3.80. The number of hydrogen-bond acceptors (Lipinski definition) is 6. The Bertz CT molecular complexity index is 744. The van der Waals surface area contributed by atoms with Crippen LogP contribution in [0.3, 0.4) is 0 Å². The van der Waals surface area contributed by atoms with Crippen molar-refractivity contribution in [1.82, 2.24) is 0 Å². The van der Waals surface area contributed by atoms with Crippen LogP contribution in [0.2, 0.25) is 0 Å². The van der Waals surface area contributed by atoms with Crippen molar-refractivity contribution in [3.63, 3.8) is 0 Å². The van der Waals surface area contributed by atoms with E-state index in [0.717, 1.165) is 24.0 Å². The van der Waals surface area contributed by atoms with Crippen LogP contribution in [0, 0.1) is 5.92 Å². The molecule has 1 heterocycles. The number of ether oxygens (including phenoxy) is 3. The largest absolute Gasteiger partial charge is 0.462 e. The molecule has 0 amide bonds. The maximum atomic E-state index is 12.8. The molecule has 4 atom stereocenters. The highest BCUT2D eigenvalue weighted by Gasteiger charge is 2.60. The van der Waals surface area contributed by atoms with Crippen LogP contribution in [0.15, 0.2) is 34.9 Å². The average Bonchev–Trinajstić information content (AvgIpc) is 2.82. The maximum Gasteiger partial charge on any atom is 0.351 e. The van der Waals surface area contributed by atoms with E-state index < -0.39 is 41.6 Å². The Morgan fingerprint density at radius 3 is 2.54 bits per heavy atom. The van der Waals surface area contributed by atoms with Crippen molar-refractivity contribution in [3.05, 3.63) is 34.9 Å². The molecule has 6 nitrogen and oxygen atoms in total. The lowest BCUT2D eigenvalue weighted by Gasteiger charge is -2.34. The number of carbonyl (C=O) groups is 3. The molecule has 1 fully saturated rings. The summed E-state index contributed by atoms with van der Waals surface area (Å²) in [7, 11) is 0. The lowest BCUT2D eigenvalue weighted by atomic mass is 9.79. The summed E-state index contributed by atoms with van der Waals surface area (Å²) in [6, 6.07) is 0. The number of esters is 3. The van der Waals surface area contributed by atoms with Crippen molar-refractivity contribution >= 4 is 17.9 Å². The summed E-state index contributed by atoms with van der Waals surface area (Å²) in [6.45, 7) is 10.2. The first-order chi connectivity index (χ1) is 13.1. The minimum Gasteiger partial charge on any atom is -0.462 e. The van der Waals surface area contributed by atoms with Gasteiger partial charge in [0, 0.05) is 18.9 Å². The molecule has 154 valence electrons. The zero-order chi connectivity index (χ0) is 21.1. The van der Waals surface area contributed by atoms with E-state index >= 15 is 0 Å². The molecule has 0 aromatic rings. The van der Waals surface area contributed by atoms with Crippen LogP contribution in [0.25, 0.3) is 0 Å². The van der Waals surface area contributed by atoms with Gasteiger partial charge in [0.25, 0.3) is 0 Å². The van der Waals surface area contributed by atoms with Gasteiger partial charge in [-0.15, -0.1) is 0 Å². The standard InChI is InChI=1S/C22H30O6/c1-7-15(4)20(24)28-22(6)19-17(26-16(5)23)11-13(2)9-8-10-14(3)12-18(19)27-21(22)25/h7,9,12,17-19H,8,10-11H2,1-6H3. The van der Waals surface area contributed by atoms with Gasteiger partial charge in [0.2, 0.25) is 5.60 Å². The first-order valence-electron chi connectivity index (χ1n) is 9.66. The molecule has 0 N–H and O–H groups in total. The van der Waals surface area contributed by atoms with E-state index in [2.05, 4.69) is 6.08 Å². The van der Waals surface area contributed by atoms with Gasteiger partial charge in [-0.25, -0.2) is 9.59 Å². The summed E-state index contributed by atoms with van der Waals surface area (Å²) in [5.74, 6) is -2.31.